The van der Waals surface area contributed by atoms with E-state index in [0.717, 1.165) is 29.8 Å². The lowest BCUT2D eigenvalue weighted by Crippen LogP contribution is -2.39. The summed E-state index contributed by atoms with van der Waals surface area (Å²) in [6, 6.07) is 14.1. The summed E-state index contributed by atoms with van der Waals surface area (Å²) in [5.74, 6) is 2.22. The fraction of sp³-hybridized carbons (Fsp3) is 0.300. The van der Waals surface area contributed by atoms with E-state index in [1.165, 1.54) is 5.56 Å². The van der Waals surface area contributed by atoms with Crippen molar-refractivity contribution in [1.82, 2.24) is 9.97 Å². The molecule has 0 spiro atoms. The monoisotopic (exact) mass is 351 g/mol. The molecule has 3 aromatic rings. The molecule has 1 saturated heterocycles. The first-order valence-electron chi connectivity index (χ1n) is 8.58. The lowest BCUT2D eigenvalue weighted by molar-refractivity contribution is 0.0396. The second-order valence-corrected chi connectivity index (χ2v) is 6.14. The molecule has 0 N–H and O–H groups in total. The van der Waals surface area contributed by atoms with E-state index in [1.807, 2.05) is 30.3 Å². The number of nitrogens with zero attached hydrogens (tertiary/aromatic N) is 3. The first-order chi connectivity index (χ1) is 12.8. The molecule has 1 aromatic heterocycles. The van der Waals surface area contributed by atoms with Gasteiger partial charge in [0.2, 0.25) is 0 Å². The predicted octanol–water partition coefficient (Wildman–Crippen LogP) is 3.22. The third kappa shape index (κ3) is 3.04. The maximum atomic E-state index is 5.98. The van der Waals surface area contributed by atoms with Gasteiger partial charge in [0.25, 0.3) is 0 Å². The van der Waals surface area contributed by atoms with Crippen molar-refractivity contribution in [3.63, 3.8) is 0 Å². The molecular formula is C20H21N3O3. The molecule has 4 rings (SSSR count). The number of hydrogen-bond donors (Lipinski definition) is 0. The molecule has 1 fully saturated rings. The lowest BCUT2D eigenvalue weighted by atomic mass is 10.1. The third-order valence-corrected chi connectivity index (χ3v) is 4.66. The fourth-order valence-corrected chi connectivity index (χ4v) is 3.33. The molecule has 1 aliphatic heterocycles. The molecule has 26 heavy (non-hydrogen) atoms. The maximum absolute atomic E-state index is 5.98. The van der Waals surface area contributed by atoms with Crippen LogP contribution < -0.4 is 14.4 Å². The van der Waals surface area contributed by atoms with Gasteiger partial charge >= 0.3 is 0 Å². The first kappa shape index (κ1) is 16.6. The van der Waals surface area contributed by atoms with E-state index >= 15 is 0 Å². The molecule has 0 bridgehead atoms. The Bertz CT molecular complexity index is 901. The van der Waals surface area contributed by atoms with Gasteiger partial charge < -0.3 is 19.1 Å². The van der Waals surface area contributed by atoms with Gasteiger partial charge in [0.1, 0.15) is 18.2 Å². The average Bonchev–Trinajstić information content (AvgIpc) is 2.73. The average molecular weight is 351 g/mol. The predicted molar refractivity (Wildman–Crippen MR) is 100.0 cm³/mol. The Hall–Kier alpha value is -2.86. The van der Waals surface area contributed by atoms with Crippen LogP contribution in [-0.4, -0.2) is 43.9 Å². The van der Waals surface area contributed by atoms with E-state index in [-0.39, 0.29) is 6.10 Å². The van der Waals surface area contributed by atoms with Gasteiger partial charge in [0, 0.05) is 24.5 Å². The topological polar surface area (TPSA) is 56.7 Å². The van der Waals surface area contributed by atoms with Crippen LogP contribution in [0, 0.1) is 0 Å². The number of anilines is 1. The molecule has 6 nitrogen and oxygen atoms in total. The van der Waals surface area contributed by atoms with Gasteiger partial charge in [0.05, 0.1) is 26.3 Å². The summed E-state index contributed by atoms with van der Waals surface area (Å²) in [5, 5.41) is 0.943. The molecule has 0 amide bonds. The standard InChI is InChI=1S/C20H21N3O3/c1-24-17-10-15-16(11-18(17)25-2)21-13-22-20(15)23-8-9-26-19(12-23)14-6-4-3-5-7-14/h3-7,10-11,13,19H,8-9,12H2,1-2H3/t19-/m1/s1. The van der Waals surface area contributed by atoms with Gasteiger partial charge in [-0.05, 0) is 11.6 Å². The van der Waals surface area contributed by atoms with Crippen LogP contribution in [0.4, 0.5) is 5.82 Å². The van der Waals surface area contributed by atoms with Crippen molar-refractivity contribution in [3.8, 4) is 11.5 Å². The first-order valence-corrected chi connectivity index (χ1v) is 8.58. The second-order valence-electron chi connectivity index (χ2n) is 6.14. The SMILES string of the molecule is COc1cc2ncnc(N3CCO[C@@H](c4ccccc4)C3)c2cc1OC. The lowest BCUT2D eigenvalue weighted by Gasteiger charge is -2.34. The van der Waals surface area contributed by atoms with E-state index in [2.05, 4.69) is 27.0 Å². The Morgan fingerprint density at radius 2 is 1.81 bits per heavy atom. The number of ether oxygens (including phenoxy) is 3. The van der Waals surface area contributed by atoms with Crippen molar-refractivity contribution in [2.75, 3.05) is 38.8 Å². The van der Waals surface area contributed by atoms with Crippen molar-refractivity contribution in [2.45, 2.75) is 6.10 Å². The number of aromatic nitrogens is 2. The van der Waals surface area contributed by atoms with Gasteiger partial charge in [-0.25, -0.2) is 9.97 Å². The zero-order valence-electron chi connectivity index (χ0n) is 14.9. The Morgan fingerprint density at radius 1 is 1.04 bits per heavy atom. The van der Waals surface area contributed by atoms with Crippen LogP contribution in [0.3, 0.4) is 0 Å². The number of morpholine rings is 1. The molecule has 1 atom stereocenters. The number of rotatable bonds is 4. The zero-order valence-corrected chi connectivity index (χ0v) is 14.9. The fourth-order valence-electron chi connectivity index (χ4n) is 3.33. The summed E-state index contributed by atoms with van der Waals surface area (Å²) >= 11 is 0. The molecule has 0 aliphatic carbocycles. The van der Waals surface area contributed by atoms with Crippen molar-refractivity contribution in [3.05, 3.63) is 54.4 Å². The highest BCUT2D eigenvalue weighted by Gasteiger charge is 2.24. The Kier molecular flexibility index (Phi) is 4.58. The van der Waals surface area contributed by atoms with Gasteiger partial charge in [-0.3, -0.25) is 0 Å². The normalized spacial score (nSPS) is 17.3. The highest BCUT2D eigenvalue weighted by atomic mass is 16.5. The summed E-state index contributed by atoms with van der Waals surface area (Å²) in [7, 11) is 3.26. The van der Waals surface area contributed by atoms with Crippen LogP contribution in [0.1, 0.15) is 11.7 Å². The van der Waals surface area contributed by atoms with E-state index in [0.29, 0.717) is 18.1 Å². The second kappa shape index (κ2) is 7.17. The largest absolute Gasteiger partial charge is 0.493 e. The van der Waals surface area contributed by atoms with Crippen LogP contribution in [0.5, 0.6) is 11.5 Å². The molecule has 2 aromatic carbocycles. The molecule has 1 aliphatic rings. The number of fused-ring (bicyclic) bond motifs is 1. The van der Waals surface area contributed by atoms with Crippen LogP contribution in [0.2, 0.25) is 0 Å². The minimum atomic E-state index is 0.0232. The van der Waals surface area contributed by atoms with Crippen LogP contribution in [0.25, 0.3) is 10.9 Å². The van der Waals surface area contributed by atoms with Crippen LogP contribution in [0.15, 0.2) is 48.8 Å². The van der Waals surface area contributed by atoms with E-state index < -0.39 is 0 Å². The van der Waals surface area contributed by atoms with Crippen LogP contribution in [-0.2, 0) is 4.74 Å². The van der Waals surface area contributed by atoms with Crippen molar-refractivity contribution in [2.24, 2.45) is 0 Å². The Labute approximate surface area is 152 Å². The van der Waals surface area contributed by atoms with Crippen LogP contribution >= 0.6 is 0 Å². The Morgan fingerprint density at radius 3 is 2.58 bits per heavy atom. The summed E-state index contributed by atoms with van der Waals surface area (Å²) in [5.41, 5.74) is 2.00. The van der Waals surface area contributed by atoms with E-state index in [9.17, 15) is 0 Å². The van der Waals surface area contributed by atoms with Gasteiger partial charge in [-0.15, -0.1) is 0 Å². The molecule has 134 valence electrons. The summed E-state index contributed by atoms with van der Waals surface area (Å²) in [6.07, 6.45) is 1.62. The highest BCUT2D eigenvalue weighted by molar-refractivity contribution is 5.92. The quantitative estimate of drug-likeness (QED) is 0.719. The maximum Gasteiger partial charge on any atom is 0.162 e. The highest BCUT2D eigenvalue weighted by Crippen LogP contribution is 2.36. The molecular weight excluding hydrogens is 330 g/mol. The van der Waals surface area contributed by atoms with E-state index in [1.54, 1.807) is 20.5 Å². The third-order valence-electron chi connectivity index (χ3n) is 4.66. The molecule has 0 saturated carbocycles. The van der Waals surface area contributed by atoms with Crippen molar-refractivity contribution in [1.29, 1.82) is 0 Å². The van der Waals surface area contributed by atoms with Gasteiger partial charge in [-0.2, -0.15) is 0 Å². The number of methoxy groups -OCH3 is 2. The van der Waals surface area contributed by atoms with Gasteiger partial charge in [0.15, 0.2) is 11.5 Å². The molecule has 0 unspecified atom stereocenters. The smallest absolute Gasteiger partial charge is 0.162 e. The molecule has 0 radical (unpaired) electrons. The summed E-state index contributed by atoms with van der Waals surface area (Å²) in [6.45, 7) is 2.17. The van der Waals surface area contributed by atoms with Gasteiger partial charge in [-0.1, -0.05) is 30.3 Å². The zero-order chi connectivity index (χ0) is 17.9. The molecule has 2 heterocycles. The van der Waals surface area contributed by atoms with Crippen molar-refractivity contribution >= 4 is 16.7 Å². The minimum absolute atomic E-state index is 0.0232. The molecule has 6 heteroatoms. The number of hydrogen-bond acceptors (Lipinski definition) is 6. The van der Waals surface area contributed by atoms with E-state index in [4.69, 9.17) is 14.2 Å². The summed E-state index contributed by atoms with van der Waals surface area (Å²) < 4.78 is 16.8. The number of benzene rings is 2. The minimum Gasteiger partial charge on any atom is -0.493 e. The van der Waals surface area contributed by atoms with Crippen molar-refractivity contribution < 1.29 is 14.2 Å². The summed E-state index contributed by atoms with van der Waals surface area (Å²) in [4.78, 5) is 11.2. The Balaban J connectivity index is 1.71.